The summed E-state index contributed by atoms with van der Waals surface area (Å²) < 4.78 is 98.1. The van der Waals surface area contributed by atoms with Crippen LogP contribution in [0.25, 0.3) is 22.4 Å². The van der Waals surface area contributed by atoms with Crippen molar-refractivity contribution in [2.45, 2.75) is 19.0 Å². The Labute approximate surface area is 206 Å². The van der Waals surface area contributed by atoms with Crippen LogP contribution in [0.3, 0.4) is 0 Å². The standard InChI is InChI=1S/C21H18F5N7O3S/c1-2-36-10-7-13(22)12(14(23)8-10)9-33-15-6-4-3-5-11(15)16(31-33)20-29-18(27)17(19(28)30-20)32-37(34,35)21(24,25)26/h3-8,32H,2,9H2,1H3,(H4,27,28,29,30). The number of alkyl halides is 3. The van der Waals surface area contributed by atoms with Gasteiger partial charge in [0.1, 0.15) is 28.8 Å². The number of fused-ring (bicyclic) bond motifs is 1. The summed E-state index contributed by atoms with van der Waals surface area (Å²) in [6.07, 6.45) is 0. The van der Waals surface area contributed by atoms with Crippen LogP contribution in [0.15, 0.2) is 36.4 Å². The number of rotatable bonds is 7. The zero-order valence-corrected chi connectivity index (χ0v) is 19.7. The molecule has 2 aromatic carbocycles. The summed E-state index contributed by atoms with van der Waals surface area (Å²) in [6.45, 7) is 1.54. The zero-order chi connectivity index (χ0) is 27.1. The van der Waals surface area contributed by atoms with Crippen LogP contribution in [0, 0.1) is 11.6 Å². The van der Waals surface area contributed by atoms with Crippen LogP contribution >= 0.6 is 0 Å². The summed E-state index contributed by atoms with van der Waals surface area (Å²) in [5, 5.41) is 4.72. The van der Waals surface area contributed by atoms with Crippen molar-refractivity contribution in [2.75, 3.05) is 22.8 Å². The molecule has 2 aromatic heterocycles. The van der Waals surface area contributed by atoms with Gasteiger partial charge in [0.25, 0.3) is 0 Å². The Morgan fingerprint density at radius 2 is 1.65 bits per heavy atom. The zero-order valence-electron chi connectivity index (χ0n) is 18.8. The van der Waals surface area contributed by atoms with Crippen LogP contribution in [-0.2, 0) is 16.6 Å². The fourth-order valence-corrected chi connectivity index (χ4v) is 4.04. The van der Waals surface area contributed by atoms with E-state index in [9.17, 15) is 30.4 Å². The molecule has 0 radical (unpaired) electrons. The van der Waals surface area contributed by atoms with Crippen molar-refractivity contribution in [2.24, 2.45) is 0 Å². The van der Waals surface area contributed by atoms with E-state index >= 15 is 0 Å². The molecule has 10 nitrogen and oxygen atoms in total. The maximum atomic E-state index is 14.7. The number of nitrogens with one attached hydrogen (secondary N) is 1. The number of nitrogens with zero attached hydrogens (tertiary/aromatic N) is 4. The van der Waals surface area contributed by atoms with Crippen LogP contribution in [0.2, 0.25) is 0 Å². The molecular weight excluding hydrogens is 525 g/mol. The number of nitrogens with two attached hydrogens (primary N) is 2. The lowest BCUT2D eigenvalue weighted by Crippen LogP contribution is -2.31. The number of nitrogen functional groups attached to an aromatic ring is 2. The van der Waals surface area contributed by atoms with Gasteiger partial charge in [-0.15, -0.1) is 0 Å². The van der Waals surface area contributed by atoms with Gasteiger partial charge in [-0.3, -0.25) is 9.40 Å². The van der Waals surface area contributed by atoms with E-state index in [0.717, 1.165) is 12.1 Å². The Kier molecular flexibility index (Phi) is 6.53. The first kappa shape index (κ1) is 25.9. The molecule has 0 atom stereocenters. The molecule has 4 rings (SSSR count). The predicted molar refractivity (Wildman–Crippen MR) is 125 cm³/mol. The number of para-hydroxylation sites is 1. The van der Waals surface area contributed by atoms with Gasteiger partial charge in [0, 0.05) is 23.1 Å². The van der Waals surface area contributed by atoms with E-state index in [0.29, 0.717) is 10.9 Å². The summed E-state index contributed by atoms with van der Waals surface area (Å²) in [5.74, 6) is -3.36. The fraction of sp³-hybridized carbons (Fsp3) is 0.190. The lowest BCUT2D eigenvalue weighted by molar-refractivity contribution is -0.0429. The van der Waals surface area contributed by atoms with Crippen molar-refractivity contribution in [3.8, 4) is 17.3 Å². The van der Waals surface area contributed by atoms with Crippen LogP contribution < -0.4 is 20.9 Å². The van der Waals surface area contributed by atoms with Crippen LogP contribution in [-0.4, -0.2) is 40.3 Å². The van der Waals surface area contributed by atoms with Gasteiger partial charge in [0.15, 0.2) is 17.5 Å². The number of benzene rings is 2. The smallest absolute Gasteiger partial charge is 0.494 e. The molecular formula is C21H18F5N7O3S. The molecule has 16 heteroatoms. The molecule has 0 unspecified atom stereocenters. The van der Waals surface area contributed by atoms with E-state index in [1.807, 2.05) is 0 Å². The number of halogens is 5. The number of hydrogen-bond acceptors (Lipinski definition) is 8. The maximum Gasteiger partial charge on any atom is 0.516 e. The summed E-state index contributed by atoms with van der Waals surface area (Å²) in [5.41, 5.74) is 5.03. The van der Waals surface area contributed by atoms with E-state index in [2.05, 4.69) is 15.1 Å². The molecule has 5 N–H and O–H groups in total. The molecule has 0 aliphatic carbocycles. The Morgan fingerprint density at radius 3 is 2.22 bits per heavy atom. The normalized spacial score (nSPS) is 12.2. The van der Waals surface area contributed by atoms with E-state index in [-0.39, 0.29) is 36.0 Å². The van der Waals surface area contributed by atoms with Crippen molar-refractivity contribution in [1.29, 1.82) is 0 Å². The van der Waals surface area contributed by atoms with E-state index in [1.165, 1.54) is 9.40 Å². The van der Waals surface area contributed by atoms with Gasteiger partial charge in [0.2, 0.25) is 0 Å². The number of ether oxygens (including phenoxy) is 1. The summed E-state index contributed by atoms with van der Waals surface area (Å²) in [6, 6.07) is 8.56. The first-order valence-electron chi connectivity index (χ1n) is 10.4. The van der Waals surface area contributed by atoms with Crippen molar-refractivity contribution in [1.82, 2.24) is 19.7 Å². The third kappa shape index (κ3) is 4.91. The molecule has 196 valence electrons. The molecule has 2 heterocycles. The first-order chi connectivity index (χ1) is 17.3. The molecule has 0 saturated carbocycles. The van der Waals surface area contributed by atoms with Crippen LogP contribution in [0.1, 0.15) is 12.5 Å². The number of sulfonamides is 1. The molecule has 0 spiro atoms. The average molecular weight is 543 g/mol. The first-order valence-corrected chi connectivity index (χ1v) is 11.9. The van der Waals surface area contributed by atoms with E-state index in [1.54, 1.807) is 31.2 Å². The minimum absolute atomic E-state index is 0.0212. The van der Waals surface area contributed by atoms with Crippen molar-refractivity contribution in [3.05, 3.63) is 53.6 Å². The van der Waals surface area contributed by atoms with Crippen molar-refractivity contribution in [3.63, 3.8) is 0 Å². The second-order valence-electron chi connectivity index (χ2n) is 7.57. The molecule has 0 aliphatic heterocycles. The van der Waals surface area contributed by atoms with Crippen molar-refractivity contribution >= 4 is 38.2 Å². The van der Waals surface area contributed by atoms with E-state index < -0.39 is 44.5 Å². The number of hydrogen-bond donors (Lipinski definition) is 3. The molecule has 0 aliphatic rings. The Balaban J connectivity index is 1.78. The average Bonchev–Trinajstić information content (AvgIpc) is 3.17. The Hall–Kier alpha value is -4.21. The Bertz CT molecular complexity index is 1560. The van der Waals surface area contributed by atoms with Gasteiger partial charge in [-0.1, -0.05) is 18.2 Å². The Morgan fingerprint density at radius 1 is 1.05 bits per heavy atom. The second-order valence-corrected chi connectivity index (χ2v) is 9.24. The third-order valence-corrected chi connectivity index (χ3v) is 6.19. The minimum atomic E-state index is -5.84. The molecule has 0 amide bonds. The van der Waals surface area contributed by atoms with Crippen LogP contribution in [0.4, 0.5) is 39.3 Å². The highest BCUT2D eigenvalue weighted by molar-refractivity contribution is 7.93. The minimum Gasteiger partial charge on any atom is -0.494 e. The topological polar surface area (TPSA) is 151 Å². The monoisotopic (exact) mass is 543 g/mol. The number of aromatic nitrogens is 4. The second kappa shape index (κ2) is 9.34. The van der Waals surface area contributed by atoms with E-state index in [4.69, 9.17) is 16.2 Å². The summed E-state index contributed by atoms with van der Waals surface area (Å²) >= 11 is 0. The van der Waals surface area contributed by atoms with Gasteiger partial charge >= 0.3 is 15.5 Å². The SMILES string of the molecule is CCOc1cc(F)c(Cn2nc(-c3nc(N)c(NS(=O)(=O)C(F)(F)F)c(N)n3)c3ccccc32)c(F)c1. The molecule has 4 aromatic rings. The van der Waals surface area contributed by atoms with Crippen LogP contribution in [0.5, 0.6) is 5.75 Å². The molecule has 37 heavy (non-hydrogen) atoms. The highest BCUT2D eigenvalue weighted by Gasteiger charge is 2.46. The van der Waals surface area contributed by atoms with Gasteiger partial charge in [-0.25, -0.2) is 18.7 Å². The quantitative estimate of drug-likeness (QED) is 0.299. The van der Waals surface area contributed by atoms with Gasteiger partial charge in [0.05, 0.1) is 18.7 Å². The summed E-state index contributed by atoms with van der Waals surface area (Å²) in [7, 11) is -5.84. The van der Waals surface area contributed by atoms with Gasteiger partial charge in [-0.05, 0) is 13.0 Å². The van der Waals surface area contributed by atoms with Gasteiger partial charge in [-0.2, -0.15) is 26.7 Å². The van der Waals surface area contributed by atoms with Gasteiger partial charge < -0.3 is 16.2 Å². The summed E-state index contributed by atoms with van der Waals surface area (Å²) in [4.78, 5) is 7.72. The lowest BCUT2D eigenvalue weighted by Gasteiger charge is -2.13. The molecule has 0 saturated heterocycles. The highest BCUT2D eigenvalue weighted by atomic mass is 32.2. The predicted octanol–water partition coefficient (Wildman–Crippen LogP) is 3.64. The molecule has 0 bridgehead atoms. The third-order valence-electron chi connectivity index (χ3n) is 5.11. The lowest BCUT2D eigenvalue weighted by atomic mass is 10.1. The molecule has 0 fully saturated rings. The maximum absolute atomic E-state index is 14.7. The fourth-order valence-electron chi connectivity index (χ4n) is 3.44. The van der Waals surface area contributed by atoms with Crippen molar-refractivity contribution < 1.29 is 35.1 Å². The highest BCUT2D eigenvalue weighted by Crippen LogP contribution is 2.34. The largest absolute Gasteiger partial charge is 0.516 e. The number of anilines is 3.